The molecular weight excluding hydrogens is 284 g/mol. The molecule has 0 radical (unpaired) electrons. The van der Waals surface area contributed by atoms with E-state index < -0.39 is 0 Å². The van der Waals surface area contributed by atoms with Crippen LogP contribution in [0.1, 0.15) is 35.5 Å². The van der Waals surface area contributed by atoms with Crippen molar-refractivity contribution in [3.8, 4) is 0 Å². The summed E-state index contributed by atoms with van der Waals surface area (Å²) in [7, 11) is 0. The summed E-state index contributed by atoms with van der Waals surface area (Å²) < 4.78 is 0. The van der Waals surface area contributed by atoms with E-state index in [4.69, 9.17) is 10.9 Å². The third-order valence-corrected chi connectivity index (χ3v) is 4.53. The van der Waals surface area contributed by atoms with E-state index in [-0.39, 0.29) is 11.4 Å². The van der Waals surface area contributed by atoms with E-state index in [1.165, 1.54) is 5.56 Å². The van der Waals surface area contributed by atoms with Gasteiger partial charge in [-0.2, -0.15) is 0 Å². The van der Waals surface area contributed by atoms with Gasteiger partial charge in [0.25, 0.3) is 0 Å². The number of aromatic nitrogens is 1. The molecule has 112 valence electrons. The fourth-order valence-corrected chi connectivity index (χ4v) is 2.77. The summed E-state index contributed by atoms with van der Waals surface area (Å²) >= 11 is 1.64. The van der Waals surface area contributed by atoms with Gasteiger partial charge in [0.2, 0.25) is 0 Å². The second-order valence-corrected chi connectivity index (χ2v) is 6.34. The van der Waals surface area contributed by atoms with Gasteiger partial charge in [-0.1, -0.05) is 17.3 Å². The van der Waals surface area contributed by atoms with Gasteiger partial charge in [-0.15, -0.1) is 11.3 Å². The lowest BCUT2D eigenvalue weighted by molar-refractivity contribution is 0.318. The molecule has 1 aromatic carbocycles. The summed E-state index contributed by atoms with van der Waals surface area (Å²) in [5, 5.41) is 18.3. The number of amidine groups is 1. The molecule has 4 N–H and O–H groups in total. The van der Waals surface area contributed by atoms with Gasteiger partial charge in [-0.05, 0) is 38.0 Å². The molecule has 5 nitrogen and oxygen atoms in total. The third-order valence-electron chi connectivity index (χ3n) is 3.43. The van der Waals surface area contributed by atoms with E-state index in [9.17, 15) is 0 Å². The van der Waals surface area contributed by atoms with Crippen LogP contribution in [-0.4, -0.2) is 16.0 Å². The predicted octanol–water partition coefficient (Wildman–Crippen LogP) is 2.57. The Balaban J connectivity index is 2.10. The topological polar surface area (TPSA) is 83.5 Å². The largest absolute Gasteiger partial charge is 0.409 e. The molecule has 2 rings (SSSR count). The molecule has 0 fully saturated rings. The molecule has 0 saturated carbocycles. The minimum absolute atomic E-state index is 0.126. The van der Waals surface area contributed by atoms with Crippen LogP contribution >= 0.6 is 11.3 Å². The van der Waals surface area contributed by atoms with Crippen LogP contribution in [0.5, 0.6) is 0 Å². The molecule has 0 saturated heterocycles. The average molecular weight is 304 g/mol. The van der Waals surface area contributed by atoms with Crippen molar-refractivity contribution in [1.29, 1.82) is 0 Å². The molecule has 2 aromatic rings. The Morgan fingerprint density at radius 1 is 1.48 bits per heavy atom. The first-order valence-corrected chi connectivity index (χ1v) is 7.54. The van der Waals surface area contributed by atoms with Crippen LogP contribution in [0.4, 0.5) is 0 Å². The second kappa shape index (κ2) is 6.24. The van der Waals surface area contributed by atoms with Crippen molar-refractivity contribution < 1.29 is 5.21 Å². The van der Waals surface area contributed by atoms with Crippen molar-refractivity contribution in [3.63, 3.8) is 0 Å². The molecule has 0 bridgehead atoms. The summed E-state index contributed by atoms with van der Waals surface area (Å²) in [6.07, 6.45) is 1.82. The molecule has 6 heteroatoms. The van der Waals surface area contributed by atoms with Gasteiger partial charge >= 0.3 is 0 Å². The van der Waals surface area contributed by atoms with E-state index in [1.807, 2.05) is 36.7 Å². The van der Waals surface area contributed by atoms with Crippen molar-refractivity contribution >= 4 is 17.2 Å². The average Bonchev–Trinajstić information content (AvgIpc) is 3.00. The number of nitrogens with one attached hydrogen (secondary N) is 1. The Labute approximate surface area is 128 Å². The predicted molar refractivity (Wildman–Crippen MR) is 85.7 cm³/mol. The van der Waals surface area contributed by atoms with E-state index in [2.05, 4.69) is 29.3 Å². The molecule has 21 heavy (non-hydrogen) atoms. The first-order valence-electron chi connectivity index (χ1n) is 6.66. The fourth-order valence-electron chi connectivity index (χ4n) is 2.04. The van der Waals surface area contributed by atoms with Crippen LogP contribution in [0.2, 0.25) is 0 Å². The highest BCUT2D eigenvalue weighted by atomic mass is 32.1. The number of nitrogens with two attached hydrogens (primary N) is 1. The molecular formula is C15H20N4OS. The molecule has 0 atom stereocenters. The van der Waals surface area contributed by atoms with Gasteiger partial charge in [-0.3, -0.25) is 0 Å². The minimum atomic E-state index is -0.176. The minimum Gasteiger partial charge on any atom is -0.409 e. The lowest BCUT2D eigenvalue weighted by Gasteiger charge is -2.24. The summed E-state index contributed by atoms with van der Waals surface area (Å²) in [4.78, 5) is 4.37. The van der Waals surface area contributed by atoms with Gasteiger partial charge in [0.15, 0.2) is 5.84 Å². The molecule has 1 aromatic heterocycles. The van der Waals surface area contributed by atoms with Crippen molar-refractivity contribution in [1.82, 2.24) is 10.3 Å². The SMILES string of the molecule is Cc1cc(/C(N)=N/O)ccc1CNC(C)(C)c1nccs1. The molecule has 0 aliphatic rings. The normalized spacial score (nSPS) is 12.6. The smallest absolute Gasteiger partial charge is 0.170 e. The van der Waals surface area contributed by atoms with Crippen LogP contribution in [0.25, 0.3) is 0 Å². The zero-order chi connectivity index (χ0) is 15.5. The standard InChI is InChI=1S/C15H20N4OS/c1-10-8-11(13(16)19-20)4-5-12(10)9-18-15(2,3)14-17-6-7-21-14/h4-8,18,20H,9H2,1-3H3,(H2,16,19). The fraction of sp³-hybridized carbons (Fsp3) is 0.333. The van der Waals surface area contributed by atoms with Gasteiger partial charge in [0.1, 0.15) is 5.01 Å². The van der Waals surface area contributed by atoms with Gasteiger partial charge in [0.05, 0.1) is 5.54 Å². The summed E-state index contributed by atoms with van der Waals surface area (Å²) in [6.45, 7) is 6.98. The number of hydrogen-bond acceptors (Lipinski definition) is 5. The van der Waals surface area contributed by atoms with E-state index in [0.717, 1.165) is 22.7 Å². The van der Waals surface area contributed by atoms with Crippen LogP contribution in [0.3, 0.4) is 0 Å². The summed E-state index contributed by atoms with van der Waals surface area (Å²) in [5.41, 5.74) is 8.42. The highest BCUT2D eigenvalue weighted by Gasteiger charge is 2.22. The van der Waals surface area contributed by atoms with Crippen molar-refractivity contribution in [2.45, 2.75) is 32.9 Å². The number of rotatable bonds is 5. The Bertz CT molecular complexity index is 635. The van der Waals surface area contributed by atoms with Crippen LogP contribution in [0.15, 0.2) is 34.9 Å². The number of oxime groups is 1. The Hall–Kier alpha value is -1.92. The number of aryl methyl sites for hydroxylation is 1. The Kier molecular flexibility index (Phi) is 4.59. The van der Waals surface area contributed by atoms with Crippen molar-refractivity contribution in [2.75, 3.05) is 0 Å². The maximum atomic E-state index is 8.71. The molecule has 0 aliphatic carbocycles. The number of thiazole rings is 1. The Morgan fingerprint density at radius 2 is 2.24 bits per heavy atom. The molecule has 0 unspecified atom stereocenters. The lowest BCUT2D eigenvalue weighted by Crippen LogP contribution is -2.36. The number of benzene rings is 1. The molecule has 0 amide bonds. The number of hydrogen-bond donors (Lipinski definition) is 3. The highest BCUT2D eigenvalue weighted by molar-refractivity contribution is 7.09. The quantitative estimate of drug-likeness (QED) is 0.343. The molecule has 1 heterocycles. The monoisotopic (exact) mass is 304 g/mol. The van der Waals surface area contributed by atoms with Crippen molar-refractivity contribution in [2.24, 2.45) is 10.9 Å². The first-order chi connectivity index (χ1) is 9.94. The van der Waals surface area contributed by atoms with Gasteiger partial charge in [0, 0.05) is 23.7 Å². The van der Waals surface area contributed by atoms with E-state index in [0.29, 0.717) is 0 Å². The summed E-state index contributed by atoms with van der Waals surface area (Å²) in [5.74, 6) is 0.126. The summed E-state index contributed by atoms with van der Waals surface area (Å²) in [6, 6.07) is 5.77. The lowest BCUT2D eigenvalue weighted by atomic mass is 10.0. The zero-order valence-corrected chi connectivity index (χ0v) is 13.2. The maximum Gasteiger partial charge on any atom is 0.170 e. The van der Waals surface area contributed by atoms with Crippen LogP contribution in [0, 0.1) is 6.92 Å². The number of nitrogens with zero attached hydrogens (tertiary/aromatic N) is 2. The zero-order valence-electron chi connectivity index (χ0n) is 12.4. The second-order valence-electron chi connectivity index (χ2n) is 5.44. The molecule has 0 spiro atoms. The van der Waals surface area contributed by atoms with Gasteiger partial charge in [-0.25, -0.2) is 4.98 Å². The highest BCUT2D eigenvalue weighted by Crippen LogP contribution is 2.23. The third kappa shape index (κ3) is 3.59. The van der Waals surface area contributed by atoms with Crippen LogP contribution in [-0.2, 0) is 12.1 Å². The maximum absolute atomic E-state index is 8.71. The van der Waals surface area contributed by atoms with Crippen LogP contribution < -0.4 is 11.1 Å². The van der Waals surface area contributed by atoms with Crippen molar-refractivity contribution in [3.05, 3.63) is 51.5 Å². The van der Waals surface area contributed by atoms with E-state index in [1.54, 1.807) is 11.3 Å². The van der Waals surface area contributed by atoms with E-state index >= 15 is 0 Å². The molecule has 0 aliphatic heterocycles. The first kappa shape index (κ1) is 15.5. The Morgan fingerprint density at radius 3 is 2.81 bits per heavy atom. The van der Waals surface area contributed by atoms with Gasteiger partial charge < -0.3 is 16.3 Å².